The Balaban J connectivity index is 1.98. The third kappa shape index (κ3) is 2.77. The van der Waals surface area contributed by atoms with Gasteiger partial charge in [-0.25, -0.2) is 0 Å². The zero-order chi connectivity index (χ0) is 20.0. The Morgan fingerprint density at radius 3 is 2.39 bits per heavy atom. The predicted octanol–water partition coefficient (Wildman–Crippen LogP) is 1.50. The molecule has 2 aliphatic rings. The van der Waals surface area contributed by atoms with Crippen LogP contribution in [0.15, 0.2) is 29.1 Å². The van der Waals surface area contributed by atoms with Crippen LogP contribution in [0, 0.1) is 0 Å². The number of imide groups is 1. The maximum atomic E-state index is 12.9. The Kier molecular flexibility index (Phi) is 4.26. The zero-order valence-corrected chi connectivity index (χ0v) is 15.4. The summed E-state index contributed by atoms with van der Waals surface area (Å²) in [5.41, 5.74) is 7.27. The maximum absolute atomic E-state index is 12.9. The van der Waals surface area contributed by atoms with Crippen molar-refractivity contribution in [2.45, 2.75) is 26.2 Å². The van der Waals surface area contributed by atoms with Crippen molar-refractivity contribution in [3.8, 4) is 5.69 Å². The van der Waals surface area contributed by atoms with Gasteiger partial charge in [0.1, 0.15) is 5.82 Å². The van der Waals surface area contributed by atoms with E-state index in [1.807, 2.05) is 6.07 Å². The topological polar surface area (TPSA) is 114 Å². The fraction of sp³-hybridized carbons (Fsp3) is 0.300. The van der Waals surface area contributed by atoms with Gasteiger partial charge in [0, 0.05) is 24.7 Å². The molecule has 2 aliphatic heterocycles. The van der Waals surface area contributed by atoms with E-state index in [4.69, 9.17) is 5.73 Å². The van der Waals surface area contributed by atoms with Crippen molar-refractivity contribution in [1.82, 2.24) is 9.88 Å². The molecule has 8 heteroatoms. The van der Waals surface area contributed by atoms with Crippen molar-refractivity contribution < 1.29 is 14.4 Å². The SMILES string of the molecule is CC(=O)c1ccc(N2CCCCC2)c(-n2c(N)c3c(cc2=O)C(=O)NC3=O)c1. The number of carbonyl (C=O) groups excluding carboxylic acids is 3. The third-order valence-electron chi connectivity index (χ3n) is 5.27. The Bertz CT molecular complexity index is 1080. The number of anilines is 2. The molecule has 144 valence electrons. The number of nitrogens with two attached hydrogens (primary N) is 1. The number of piperidine rings is 1. The second-order valence-corrected chi connectivity index (χ2v) is 7.08. The van der Waals surface area contributed by atoms with E-state index in [1.165, 1.54) is 11.5 Å². The smallest absolute Gasteiger partial charge is 0.262 e. The molecule has 1 saturated heterocycles. The Morgan fingerprint density at radius 2 is 1.71 bits per heavy atom. The maximum Gasteiger partial charge on any atom is 0.262 e. The minimum Gasteiger partial charge on any atom is -0.384 e. The highest BCUT2D eigenvalue weighted by molar-refractivity contribution is 6.23. The second-order valence-electron chi connectivity index (χ2n) is 7.08. The molecule has 0 radical (unpaired) electrons. The number of hydrogen-bond donors (Lipinski definition) is 2. The van der Waals surface area contributed by atoms with Crippen LogP contribution in [0.25, 0.3) is 5.69 Å². The van der Waals surface area contributed by atoms with Gasteiger partial charge in [-0.15, -0.1) is 0 Å². The van der Waals surface area contributed by atoms with Crippen molar-refractivity contribution in [2.75, 3.05) is 23.7 Å². The van der Waals surface area contributed by atoms with E-state index in [-0.39, 0.29) is 22.7 Å². The number of pyridine rings is 1. The number of rotatable bonds is 3. The fourth-order valence-electron chi connectivity index (χ4n) is 3.85. The van der Waals surface area contributed by atoms with Gasteiger partial charge in [-0.2, -0.15) is 0 Å². The largest absolute Gasteiger partial charge is 0.384 e. The van der Waals surface area contributed by atoms with Crippen LogP contribution in [0.3, 0.4) is 0 Å². The molecule has 0 saturated carbocycles. The second kappa shape index (κ2) is 6.63. The normalized spacial score (nSPS) is 16.1. The van der Waals surface area contributed by atoms with Gasteiger partial charge in [0.2, 0.25) is 0 Å². The molecule has 0 bridgehead atoms. The van der Waals surface area contributed by atoms with Crippen molar-refractivity contribution in [1.29, 1.82) is 0 Å². The number of nitrogen functional groups attached to an aromatic ring is 1. The number of nitrogens with one attached hydrogen (secondary N) is 1. The summed E-state index contributed by atoms with van der Waals surface area (Å²) in [7, 11) is 0. The summed E-state index contributed by atoms with van der Waals surface area (Å²) in [6, 6.07) is 6.26. The standard InChI is InChI=1S/C20H20N4O4/c1-11(25)12-5-6-14(23-7-3-2-4-8-23)15(9-12)24-16(26)10-13-17(18(24)21)20(28)22-19(13)27/h5-6,9-10H,2-4,7-8,21H2,1H3,(H,22,27,28). The lowest BCUT2D eigenvalue weighted by Gasteiger charge is -2.31. The van der Waals surface area contributed by atoms with Crippen LogP contribution in [-0.4, -0.2) is 35.3 Å². The molecule has 2 amide bonds. The van der Waals surface area contributed by atoms with E-state index in [0.29, 0.717) is 11.3 Å². The quantitative estimate of drug-likeness (QED) is 0.616. The van der Waals surface area contributed by atoms with Gasteiger partial charge in [-0.3, -0.25) is 29.1 Å². The molecule has 1 aromatic heterocycles. The first-order chi connectivity index (χ1) is 13.4. The summed E-state index contributed by atoms with van der Waals surface area (Å²) in [5, 5.41) is 2.16. The number of hydrogen-bond acceptors (Lipinski definition) is 6. The molecule has 3 N–H and O–H groups in total. The molecule has 0 unspecified atom stereocenters. The molecular formula is C20H20N4O4. The molecule has 1 aromatic carbocycles. The lowest BCUT2D eigenvalue weighted by molar-refractivity contribution is 0.0879. The molecule has 8 nitrogen and oxygen atoms in total. The van der Waals surface area contributed by atoms with Crippen LogP contribution in [0.2, 0.25) is 0 Å². The van der Waals surface area contributed by atoms with Crippen molar-refractivity contribution in [3.05, 3.63) is 51.3 Å². The van der Waals surface area contributed by atoms with Crippen LogP contribution in [-0.2, 0) is 0 Å². The van der Waals surface area contributed by atoms with Gasteiger partial charge in [0.25, 0.3) is 17.4 Å². The summed E-state index contributed by atoms with van der Waals surface area (Å²) in [6.45, 7) is 3.09. The van der Waals surface area contributed by atoms with Gasteiger partial charge < -0.3 is 10.6 Å². The Morgan fingerprint density at radius 1 is 1.00 bits per heavy atom. The third-order valence-corrected chi connectivity index (χ3v) is 5.27. The number of fused-ring (bicyclic) bond motifs is 1. The summed E-state index contributed by atoms with van der Waals surface area (Å²) >= 11 is 0. The predicted molar refractivity (Wildman–Crippen MR) is 104 cm³/mol. The lowest BCUT2D eigenvalue weighted by atomic mass is 10.0. The highest BCUT2D eigenvalue weighted by Gasteiger charge is 2.32. The molecule has 0 aliphatic carbocycles. The first-order valence-electron chi connectivity index (χ1n) is 9.20. The monoisotopic (exact) mass is 380 g/mol. The average Bonchev–Trinajstić information content (AvgIpc) is 2.96. The summed E-state index contributed by atoms with van der Waals surface area (Å²) < 4.78 is 1.22. The minimum atomic E-state index is -0.635. The molecule has 0 spiro atoms. The molecule has 28 heavy (non-hydrogen) atoms. The average molecular weight is 380 g/mol. The summed E-state index contributed by atoms with van der Waals surface area (Å²) in [5.74, 6) is -1.52. The van der Waals surface area contributed by atoms with Crippen molar-refractivity contribution in [2.24, 2.45) is 0 Å². The zero-order valence-electron chi connectivity index (χ0n) is 15.4. The van der Waals surface area contributed by atoms with Crippen molar-refractivity contribution >= 4 is 29.1 Å². The van der Waals surface area contributed by atoms with Gasteiger partial charge >= 0.3 is 0 Å². The number of Topliss-reactive ketones (excluding diaryl/α,β-unsaturated/α-hetero) is 1. The van der Waals surface area contributed by atoms with E-state index in [0.717, 1.165) is 44.1 Å². The molecule has 2 aromatic rings. The van der Waals surface area contributed by atoms with E-state index in [9.17, 15) is 19.2 Å². The molecule has 1 fully saturated rings. The minimum absolute atomic E-state index is 0.0116. The van der Waals surface area contributed by atoms with E-state index in [1.54, 1.807) is 12.1 Å². The Hall–Kier alpha value is -3.42. The number of nitrogens with zero attached hydrogens (tertiary/aromatic N) is 2. The van der Waals surface area contributed by atoms with E-state index >= 15 is 0 Å². The van der Waals surface area contributed by atoms with Gasteiger partial charge in [-0.1, -0.05) is 0 Å². The lowest BCUT2D eigenvalue weighted by Crippen LogP contribution is -2.32. The van der Waals surface area contributed by atoms with E-state index in [2.05, 4.69) is 10.2 Å². The number of benzene rings is 1. The first kappa shape index (κ1) is 18.0. The van der Waals surface area contributed by atoms with Gasteiger partial charge in [-0.05, 0) is 44.4 Å². The van der Waals surface area contributed by atoms with Crippen LogP contribution in [0.5, 0.6) is 0 Å². The van der Waals surface area contributed by atoms with Gasteiger partial charge in [0.05, 0.1) is 22.5 Å². The van der Waals surface area contributed by atoms with Crippen LogP contribution in [0.1, 0.15) is 57.3 Å². The first-order valence-corrected chi connectivity index (χ1v) is 9.20. The van der Waals surface area contributed by atoms with Crippen LogP contribution >= 0.6 is 0 Å². The van der Waals surface area contributed by atoms with Gasteiger partial charge in [0.15, 0.2) is 5.78 Å². The summed E-state index contributed by atoms with van der Waals surface area (Å²) in [6.07, 6.45) is 3.19. The summed E-state index contributed by atoms with van der Waals surface area (Å²) in [4.78, 5) is 51.0. The number of amides is 2. The Labute approximate surface area is 160 Å². The highest BCUT2D eigenvalue weighted by Crippen LogP contribution is 2.31. The molecule has 0 atom stereocenters. The van der Waals surface area contributed by atoms with Crippen LogP contribution in [0.4, 0.5) is 11.5 Å². The molecule has 4 rings (SSSR count). The van der Waals surface area contributed by atoms with E-state index < -0.39 is 17.4 Å². The fourth-order valence-corrected chi connectivity index (χ4v) is 3.85. The van der Waals surface area contributed by atoms with Crippen LogP contribution < -0.4 is 21.5 Å². The highest BCUT2D eigenvalue weighted by atomic mass is 16.2. The number of ketones is 1. The number of aromatic nitrogens is 1. The van der Waals surface area contributed by atoms with Crippen molar-refractivity contribution in [3.63, 3.8) is 0 Å². The molecule has 3 heterocycles. The number of carbonyl (C=O) groups is 3. The molecular weight excluding hydrogens is 360 g/mol.